The number of hydrogen-bond acceptors (Lipinski definition) is 4. The minimum Gasteiger partial charge on any atom is -0.306 e. The lowest BCUT2D eigenvalue weighted by molar-refractivity contribution is 1.21. The van der Waals surface area contributed by atoms with E-state index in [0.717, 1.165) is 27.3 Å². The summed E-state index contributed by atoms with van der Waals surface area (Å²) >= 11 is 5.78. The number of H-pyrrole nitrogens is 2. The maximum atomic E-state index is 11.2. The van der Waals surface area contributed by atoms with Gasteiger partial charge in [-0.1, -0.05) is 6.07 Å². The monoisotopic (exact) mass is 263 g/mol. The van der Waals surface area contributed by atoms with E-state index in [1.807, 2.05) is 23.6 Å². The lowest BCUT2D eigenvalue weighted by Crippen LogP contribution is -1.99. The summed E-state index contributed by atoms with van der Waals surface area (Å²) in [4.78, 5) is 21.1. The van der Waals surface area contributed by atoms with Crippen LogP contribution in [0.1, 0.15) is 5.01 Å². The highest BCUT2D eigenvalue weighted by Crippen LogP contribution is 2.24. The van der Waals surface area contributed by atoms with Gasteiger partial charge in [0.25, 0.3) is 0 Å². The number of nitrogens with zero attached hydrogens (tertiary/aromatic N) is 1. The van der Waals surface area contributed by atoms with Crippen molar-refractivity contribution in [2.24, 2.45) is 0 Å². The van der Waals surface area contributed by atoms with Crippen LogP contribution in [0.3, 0.4) is 0 Å². The number of aromatic nitrogens is 3. The maximum Gasteiger partial charge on any atom is 0.323 e. The minimum absolute atomic E-state index is 0.188. The van der Waals surface area contributed by atoms with E-state index in [9.17, 15) is 4.79 Å². The molecule has 4 nitrogen and oxygen atoms in total. The molecule has 0 aliphatic heterocycles. The molecule has 0 radical (unpaired) electrons. The summed E-state index contributed by atoms with van der Waals surface area (Å²) in [6.07, 6.45) is 0. The molecule has 0 aliphatic rings. The first-order valence-corrected chi connectivity index (χ1v) is 6.55. The van der Waals surface area contributed by atoms with Crippen molar-refractivity contribution < 1.29 is 0 Å². The number of nitrogens with one attached hydrogen (secondary N) is 2. The van der Waals surface area contributed by atoms with E-state index >= 15 is 0 Å². The topological polar surface area (TPSA) is 61.5 Å². The van der Waals surface area contributed by atoms with Gasteiger partial charge in [-0.15, -0.1) is 11.3 Å². The largest absolute Gasteiger partial charge is 0.323 e. The van der Waals surface area contributed by atoms with E-state index in [4.69, 9.17) is 0 Å². The van der Waals surface area contributed by atoms with Crippen LogP contribution in [-0.2, 0) is 5.75 Å². The first-order valence-electron chi connectivity index (χ1n) is 5.04. The zero-order valence-corrected chi connectivity index (χ0v) is 10.4. The summed E-state index contributed by atoms with van der Waals surface area (Å²) in [6, 6.07) is 5.75. The molecule has 17 heavy (non-hydrogen) atoms. The predicted molar refractivity (Wildman–Crippen MR) is 72.7 cm³/mol. The molecule has 2 aromatic heterocycles. The Labute approximate surface area is 106 Å². The Morgan fingerprint density at radius 3 is 2.88 bits per heavy atom. The Balaban J connectivity index is 2.13. The molecule has 6 heteroatoms. The molecule has 2 N–H and O–H groups in total. The van der Waals surface area contributed by atoms with Crippen molar-refractivity contribution in [3.05, 3.63) is 39.1 Å². The highest BCUT2D eigenvalue weighted by Gasteiger charge is 2.05. The third kappa shape index (κ3) is 1.89. The predicted octanol–water partition coefficient (Wildman–Crippen LogP) is 2.41. The smallest absolute Gasteiger partial charge is 0.306 e. The van der Waals surface area contributed by atoms with Crippen molar-refractivity contribution in [2.45, 2.75) is 5.75 Å². The summed E-state index contributed by atoms with van der Waals surface area (Å²) in [5, 5.41) is 2.99. The standard InChI is InChI=1S/C11H9N3OS2/c15-11-13-7-2-1-6(3-8(7)14-11)9-5-17-10(4-16)12-9/h1-3,5,16H,4H2,(H2,13,14,15). The molecule has 1 aromatic carbocycles. The van der Waals surface area contributed by atoms with E-state index in [1.54, 1.807) is 11.3 Å². The maximum absolute atomic E-state index is 11.2. The van der Waals surface area contributed by atoms with Gasteiger partial charge in [-0.3, -0.25) is 0 Å². The quantitative estimate of drug-likeness (QED) is 0.622. The van der Waals surface area contributed by atoms with Gasteiger partial charge in [0.2, 0.25) is 0 Å². The van der Waals surface area contributed by atoms with Crippen LogP contribution in [0.5, 0.6) is 0 Å². The number of thiol groups is 1. The van der Waals surface area contributed by atoms with Gasteiger partial charge in [0, 0.05) is 16.7 Å². The van der Waals surface area contributed by atoms with Gasteiger partial charge in [-0.05, 0) is 12.1 Å². The van der Waals surface area contributed by atoms with Gasteiger partial charge in [-0.25, -0.2) is 9.78 Å². The van der Waals surface area contributed by atoms with Crippen LogP contribution in [0.15, 0.2) is 28.4 Å². The van der Waals surface area contributed by atoms with Crippen LogP contribution in [0.4, 0.5) is 0 Å². The number of hydrogen-bond donors (Lipinski definition) is 3. The number of benzene rings is 1. The van der Waals surface area contributed by atoms with Crippen molar-refractivity contribution in [1.82, 2.24) is 15.0 Å². The lowest BCUT2D eigenvalue weighted by atomic mass is 10.1. The second kappa shape index (κ2) is 4.05. The van der Waals surface area contributed by atoms with Crippen molar-refractivity contribution >= 4 is 35.0 Å². The van der Waals surface area contributed by atoms with E-state index in [-0.39, 0.29) is 5.69 Å². The summed E-state index contributed by atoms with van der Waals surface area (Å²) < 4.78 is 0. The molecule has 2 heterocycles. The second-order valence-corrected chi connectivity index (χ2v) is 4.88. The average Bonchev–Trinajstić information content (AvgIpc) is 2.92. The molecule has 0 spiro atoms. The lowest BCUT2D eigenvalue weighted by Gasteiger charge is -1.96. The number of aromatic amines is 2. The van der Waals surface area contributed by atoms with Crippen LogP contribution >= 0.6 is 24.0 Å². The third-order valence-electron chi connectivity index (χ3n) is 2.50. The molecule has 0 aliphatic carbocycles. The molecule has 3 rings (SSSR count). The van der Waals surface area contributed by atoms with Gasteiger partial charge in [0.15, 0.2) is 0 Å². The summed E-state index contributed by atoms with van der Waals surface area (Å²) in [6.45, 7) is 0. The van der Waals surface area contributed by atoms with Gasteiger partial charge in [0.05, 0.1) is 16.7 Å². The fraction of sp³-hybridized carbons (Fsp3) is 0.0909. The van der Waals surface area contributed by atoms with Crippen LogP contribution in [0, 0.1) is 0 Å². The van der Waals surface area contributed by atoms with E-state index in [1.165, 1.54) is 0 Å². The normalized spacial score (nSPS) is 11.1. The molecule has 86 valence electrons. The zero-order chi connectivity index (χ0) is 11.8. The fourth-order valence-electron chi connectivity index (χ4n) is 1.71. The van der Waals surface area contributed by atoms with Crippen molar-refractivity contribution in [3.8, 4) is 11.3 Å². The Bertz CT molecular complexity index is 725. The van der Waals surface area contributed by atoms with E-state index in [2.05, 4.69) is 27.6 Å². The van der Waals surface area contributed by atoms with Gasteiger partial charge in [0.1, 0.15) is 5.01 Å². The Morgan fingerprint density at radius 1 is 1.29 bits per heavy atom. The minimum atomic E-state index is -0.188. The highest BCUT2D eigenvalue weighted by atomic mass is 32.1. The van der Waals surface area contributed by atoms with Gasteiger partial charge < -0.3 is 9.97 Å². The molecule has 0 atom stereocenters. The number of fused-ring (bicyclic) bond motifs is 1. The number of thiazole rings is 1. The summed E-state index contributed by atoms with van der Waals surface area (Å²) in [7, 11) is 0. The molecule has 0 saturated carbocycles. The van der Waals surface area contributed by atoms with E-state index in [0.29, 0.717) is 5.75 Å². The first kappa shape index (κ1) is 10.6. The zero-order valence-electron chi connectivity index (χ0n) is 8.73. The highest BCUT2D eigenvalue weighted by molar-refractivity contribution is 7.79. The Morgan fingerprint density at radius 2 is 2.12 bits per heavy atom. The molecule has 0 fully saturated rings. The average molecular weight is 263 g/mol. The Kier molecular flexibility index (Phi) is 2.53. The second-order valence-electron chi connectivity index (χ2n) is 3.62. The SMILES string of the molecule is O=c1[nH]c2ccc(-c3csc(CS)n3)cc2[nH]1. The fourth-order valence-corrected chi connectivity index (χ4v) is 2.66. The summed E-state index contributed by atoms with van der Waals surface area (Å²) in [5.41, 5.74) is 3.34. The van der Waals surface area contributed by atoms with Crippen molar-refractivity contribution in [3.63, 3.8) is 0 Å². The summed E-state index contributed by atoms with van der Waals surface area (Å²) in [5.74, 6) is 0.647. The molecule has 0 amide bonds. The Hall–Kier alpha value is -1.53. The molecule has 0 unspecified atom stereocenters. The number of rotatable bonds is 2. The molecular weight excluding hydrogens is 254 g/mol. The molecular formula is C11H9N3OS2. The van der Waals surface area contributed by atoms with Gasteiger partial charge >= 0.3 is 5.69 Å². The van der Waals surface area contributed by atoms with Crippen LogP contribution in [0.25, 0.3) is 22.3 Å². The molecule has 3 aromatic rings. The molecule has 0 bridgehead atoms. The van der Waals surface area contributed by atoms with Crippen molar-refractivity contribution in [2.75, 3.05) is 0 Å². The van der Waals surface area contributed by atoms with E-state index < -0.39 is 0 Å². The molecule has 0 saturated heterocycles. The first-order chi connectivity index (χ1) is 8.26. The number of imidazole rings is 1. The van der Waals surface area contributed by atoms with Crippen LogP contribution in [-0.4, -0.2) is 15.0 Å². The van der Waals surface area contributed by atoms with Crippen LogP contribution < -0.4 is 5.69 Å². The third-order valence-corrected chi connectivity index (χ3v) is 3.86. The van der Waals surface area contributed by atoms with Crippen molar-refractivity contribution in [1.29, 1.82) is 0 Å². The van der Waals surface area contributed by atoms with Gasteiger partial charge in [-0.2, -0.15) is 12.6 Å². The van der Waals surface area contributed by atoms with Crippen LogP contribution in [0.2, 0.25) is 0 Å².